The highest BCUT2D eigenvalue weighted by Crippen LogP contribution is 2.00. The number of sulfonamides is 1. The van der Waals surface area contributed by atoms with Gasteiger partial charge in [0.1, 0.15) is 0 Å². The van der Waals surface area contributed by atoms with Gasteiger partial charge in [0.05, 0.1) is 10.3 Å². The summed E-state index contributed by atoms with van der Waals surface area (Å²) in [5.41, 5.74) is 0. The van der Waals surface area contributed by atoms with Crippen LogP contribution in [0.5, 0.6) is 0 Å². The van der Waals surface area contributed by atoms with E-state index < -0.39 is 10.0 Å². The molecule has 0 aliphatic carbocycles. The molecule has 14 heavy (non-hydrogen) atoms. The normalized spacial score (nSPS) is 14.5. The molecule has 1 heterocycles. The highest BCUT2D eigenvalue weighted by atomic mass is 32.2. The molecule has 1 aromatic rings. The first-order chi connectivity index (χ1) is 6.47. The Hall–Kier alpha value is -1.53. The quantitative estimate of drug-likeness (QED) is 0.597. The van der Waals surface area contributed by atoms with E-state index in [0.29, 0.717) is 10.6 Å². The zero-order valence-electron chi connectivity index (χ0n) is 6.97. The molecule has 0 fully saturated rings. The van der Waals surface area contributed by atoms with Gasteiger partial charge in [0, 0.05) is 11.3 Å². The first kappa shape index (κ1) is 9.04. The Morgan fingerprint density at radius 1 is 1.29 bits per heavy atom. The first-order valence-corrected chi connectivity index (χ1v) is 5.29. The summed E-state index contributed by atoms with van der Waals surface area (Å²) in [6.07, 6.45) is 1.27. The number of nitrogens with zero attached hydrogens (tertiary/aromatic N) is 1. The lowest BCUT2D eigenvalue weighted by Crippen LogP contribution is -2.24. The van der Waals surface area contributed by atoms with Crippen LogP contribution in [0.25, 0.3) is 6.08 Å². The van der Waals surface area contributed by atoms with E-state index >= 15 is 0 Å². The molecule has 5 nitrogen and oxygen atoms in total. The van der Waals surface area contributed by atoms with Gasteiger partial charge < -0.3 is 0 Å². The first-order valence-electron chi connectivity index (χ1n) is 3.74. The summed E-state index contributed by atoms with van der Waals surface area (Å²) < 4.78 is 21.9. The van der Waals surface area contributed by atoms with Crippen LogP contribution < -0.4 is 15.7 Å². The Morgan fingerprint density at radius 3 is 2.64 bits per heavy atom. The van der Waals surface area contributed by atoms with Crippen LogP contribution in [0.3, 0.4) is 0 Å². The molecule has 1 aromatic carbocycles. The third kappa shape index (κ3) is 1.45. The van der Waals surface area contributed by atoms with E-state index in [2.05, 4.69) is 4.99 Å². The number of carbonyl (C=O) groups excluding carboxylic acids is 1. The van der Waals surface area contributed by atoms with Gasteiger partial charge in [-0.15, -0.1) is 0 Å². The van der Waals surface area contributed by atoms with Gasteiger partial charge in [-0.25, -0.2) is 18.5 Å². The van der Waals surface area contributed by atoms with Gasteiger partial charge in [-0.3, -0.25) is 4.79 Å². The minimum absolute atomic E-state index is 0.0163. The SMILES string of the molecule is NS(=O)(=O)c1ccc2c(c1)=CC(=O)N=2. The molecular weight excluding hydrogens is 204 g/mol. The van der Waals surface area contributed by atoms with E-state index in [0.717, 1.165) is 0 Å². The summed E-state index contributed by atoms with van der Waals surface area (Å²) in [7, 11) is -3.71. The third-order valence-corrected chi connectivity index (χ3v) is 2.75. The van der Waals surface area contributed by atoms with Crippen molar-refractivity contribution in [1.29, 1.82) is 0 Å². The lowest BCUT2D eigenvalue weighted by Gasteiger charge is -1.95. The summed E-state index contributed by atoms with van der Waals surface area (Å²) in [5.74, 6) is -0.383. The van der Waals surface area contributed by atoms with Crippen LogP contribution in [-0.4, -0.2) is 14.3 Å². The number of fused-ring (bicyclic) bond motifs is 1. The third-order valence-electron chi connectivity index (χ3n) is 1.84. The predicted molar refractivity (Wildman–Crippen MR) is 48.1 cm³/mol. The van der Waals surface area contributed by atoms with Crippen molar-refractivity contribution in [3.63, 3.8) is 0 Å². The lowest BCUT2D eigenvalue weighted by molar-refractivity contribution is -0.112. The minimum atomic E-state index is -3.71. The maximum atomic E-state index is 11.0. The van der Waals surface area contributed by atoms with E-state index in [-0.39, 0.29) is 10.8 Å². The zero-order chi connectivity index (χ0) is 10.3. The largest absolute Gasteiger partial charge is 0.270 e. The topological polar surface area (TPSA) is 89.6 Å². The fourth-order valence-corrected chi connectivity index (χ4v) is 1.76. The van der Waals surface area contributed by atoms with Crippen LogP contribution in [0.1, 0.15) is 0 Å². The van der Waals surface area contributed by atoms with Crippen LogP contribution in [0.4, 0.5) is 0 Å². The van der Waals surface area contributed by atoms with Gasteiger partial charge in [0.25, 0.3) is 5.91 Å². The number of nitrogens with two attached hydrogens (primary N) is 1. The number of hydrogen-bond donors (Lipinski definition) is 1. The average Bonchev–Trinajstić information content (AvgIpc) is 2.41. The Morgan fingerprint density at radius 2 is 2.00 bits per heavy atom. The highest BCUT2D eigenvalue weighted by Gasteiger charge is 2.10. The Labute approximate surface area is 79.6 Å². The molecular formula is C8H6N2O3S. The van der Waals surface area contributed by atoms with Gasteiger partial charge in [0.15, 0.2) is 0 Å². The molecule has 0 atom stereocenters. The van der Waals surface area contributed by atoms with Gasteiger partial charge in [-0.05, 0) is 18.2 Å². The number of carbonyl (C=O) groups is 1. The molecule has 0 unspecified atom stereocenters. The summed E-state index contributed by atoms with van der Waals surface area (Å²) in [4.78, 5) is 14.5. The second-order valence-electron chi connectivity index (χ2n) is 2.86. The fraction of sp³-hybridized carbons (Fsp3) is 0. The molecule has 2 rings (SSSR count). The molecule has 0 saturated heterocycles. The van der Waals surface area contributed by atoms with Crippen molar-refractivity contribution in [2.75, 3.05) is 0 Å². The maximum Gasteiger partial charge on any atom is 0.270 e. The summed E-state index contributed by atoms with van der Waals surface area (Å²) >= 11 is 0. The van der Waals surface area contributed by atoms with Crippen LogP contribution in [-0.2, 0) is 14.8 Å². The molecule has 0 aromatic heterocycles. The molecule has 1 aliphatic heterocycles. The average molecular weight is 210 g/mol. The van der Waals surface area contributed by atoms with Gasteiger partial charge >= 0.3 is 0 Å². The maximum absolute atomic E-state index is 11.0. The van der Waals surface area contributed by atoms with Crippen molar-refractivity contribution >= 4 is 22.0 Å². The van der Waals surface area contributed by atoms with Gasteiger partial charge in [0.2, 0.25) is 10.0 Å². The minimum Gasteiger partial charge on any atom is -0.267 e. The number of amides is 1. The number of rotatable bonds is 1. The summed E-state index contributed by atoms with van der Waals surface area (Å²) in [6, 6.07) is 4.11. The van der Waals surface area contributed by atoms with Gasteiger partial charge in [-0.2, -0.15) is 0 Å². The van der Waals surface area contributed by atoms with Crippen molar-refractivity contribution in [2.24, 2.45) is 10.1 Å². The Balaban J connectivity index is 2.79. The summed E-state index contributed by atoms with van der Waals surface area (Å²) in [5, 5.41) is 5.89. The lowest BCUT2D eigenvalue weighted by atomic mass is 10.3. The highest BCUT2D eigenvalue weighted by molar-refractivity contribution is 7.89. The molecule has 2 N–H and O–H groups in total. The van der Waals surface area contributed by atoms with Crippen LogP contribution in [0, 0.1) is 0 Å². The standard InChI is InChI=1S/C8H6N2O3S/c9-14(12,13)6-1-2-7-5(3-6)4-8(11)10-7/h1-4H,(H2,9,12,13). The Bertz CT molecular complexity index is 631. The molecule has 0 bridgehead atoms. The van der Waals surface area contributed by atoms with E-state index in [1.807, 2.05) is 0 Å². The van der Waals surface area contributed by atoms with E-state index in [1.165, 1.54) is 24.3 Å². The summed E-state index contributed by atoms with van der Waals surface area (Å²) in [6.45, 7) is 0. The van der Waals surface area contributed by atoms with Crippen LogP contribution in [0.2, 0.25) is 0 Å². The number of benzene rings is 1. The molecule has 0 spiro atoms. The molecule has 72 valence electrons. The molecule has 0 radical (unpaired) electrons. The van der Waals surface area contributed by atoms with Crippen LogP contribution >= 0.6 is 0 Å². The molecule has 1 aliphatic rings. The predicted octanol–water partition coefficient (Wildman–Crippen LogP) is -1.73. The fourth-order valence-electron chi connectivity index (χ4n) is 1.21. The van der Waals surface area contributed by atoms with E-state index in [4.69, 9.17) is 5.14 Å². The van der Waals surface area contributed by atoms with Crippen molar-refractivity contribution in [1.82, 2.24) is 0 Å². The van der Waals surface area contributed by atoms with E-state index in [9.17, 15) is 13.2 Å². The number of hydrogen-bond acceptors (Lipinski definition) is 3. The monoisotopic (exact) mass is 210 g/mol. The Kier molecular flexibility index (Phi) is 1.76. The molecule has 1 amide bonds. The van der Waals surface area contributed by atoms with Crippen molar-refractivity contribution in [2.45, 2.75) is 4.90 Å². The van der Waals surface area contributed by atoms with Crippen molar-refractivity contribution in [3.05, 3.63) is 28.8 Å². The van der Waals surface area contributed by atoms with Crippen molar-refractivity contribution in [3.8, 4) is 0 Å². The van der Waals surface area contributed by atoms with E-state index in [1.54, 1.807) is 0 Å². The van der Waals surface area contributed by atoms with Crippen molar-refractivity contribution < 1.29 is 13.2 Å². The molecule has 0 saturated carbocycles. The second kappa shape index (κ2) is 2.73. The molecule has 6 heteroatoms. The smallest absolute Gasteiger partial charge is 0.267 e. The zero-order valence-corrected chi connectivity index (χ0v) is 7.78. The van der Waals surface area contributed by atoms with Gasteiger partial charge in [-0.1, -0.05) is 0 Å². The number of primary sulfonamides is 1. The second-order valence-corrected chi connectivity index (χ2v) is 4.42. The van der Waals surface area contributed by atoms with Crippen LogP contribution in [0.15, 0.2) is 28.1 Å².